The number of likely N-dealkylation sites (N-methyl/N-ethyl adjacent to an activating group) is 1. The molecular formula is C31H63ClN4O5. The third kappa shape index (κ3) is 27.0. The van der Waals surface area contributed by atoms with E-state index < -0.39 is 24.1 Å². The molecule has 0 aliphatic heterocycles. The van der Waals surface area contributed by atoms with Crippen molar-refractivity contribution >= 4 is 18.0 Å². The van der Waals surface area contributed by atoms with E-state index in [0.717, 1.165) is 24.3 Å². The number of unbranched alkanes of at least 4 members (excludes halogenated alkanes) is 15. The first-order valence-electron chi connectivity index (χ1n) is 15.9. The van der Waals surface area contributed by atoms with E-state index in [9.17, 15) is 14.4 Å². The first-order chi connectivity index (χ1) is 19.1. The van der Waals surface area contributed by atoms with E-state index in [0.29, 0.717) is 17.6 Å². The molecule has 0 aliphatic carbocycles. The zero-order chi connectivity index (χ0) is 30.1. The molecule has 10 heteroatoms. The second kappa shape index (κ2) is 27.3. The number of amides is 4. The van der Waals surface area contributed by atoms with Gasteiger partial charge in [-0.2, -0.15) is 0 Å². The maximum absolute atomic E-state index is 12.5. The lowest BCUT2D eigenvalue weighted by molar-refractivity contribution is -0.869. The fourth-order valence-corrected chi connectivity index (χ4v) is 4.43. The van der Waals surface area contributed by atoms with Crippen LogP contribution in [0.25, 0.3) is 0 Å². The molecule has 1 atom stereocenters. The predicted molar refractivity (Wildman–Crippen MR) is 163 cm³/mol. The van der Waals surface area contributed by atoms with Gasteiger partial charge in [-0.05, 0) is 6.42 Å². The highest BCUT2D eigenvalue weighted by Crippen LogP contribution is 2.13. The predicted octanol–water partition coefficient (Wildman–Crippen LogP) is 3.26. The third-order valence-corrected chi connectivity index (χ3v) is 7.10. The SMILES string of the molecule is CCCCCCCCCCCCCCCCCCNC(=O)OCC(CN(C(C)=O)C(=O)NCC[N+](C)(C)C)OC.[Cl-]. The van der Waals surface area contributed by atoms with Gasteiger partial charge in [0.2, 0.25) is 5.91 Å². The lowest BCUT2D eigenvalue weighted by atomic mass is 10.0. The molecule has 4 amide bonds. The smallest absolute Gasteiger partial charge is 0.407 e. The molecule has 0 bridgehead atoms. The van der Waals surface area contributed by atoms with Crippen LogP contribution in [0.4, 0.5) is 9.59 Å². The average Bonchev–Trinajstić information content (AvgIpc) is 2.89. The van der Waals surface area contributed by atoms with Crippen molar-refractivity contribution < 1.29 is 40.7 Å². The molecular weight excluding hydrogens is 544 g/mol. The zero-order valence-electron chi connectivity index (χ0n) is 27.2. The molecule has 0 heterocycles. The van der Waals surface area contributed by atoms with Gasteiger partial charge in [0.25, 0.3) is 0 Å². The van der Waals surface area contributed by atoms with E-state index in [1.807, 2.05) is 21.1 Å². The molecule has 0 saturated carbocycles. The molecule has 0 fully saturated rings. The summed E-state index contributed by atoms with van der Waals surface area (Å²) in [6.45, 7) is 5.31. The number of nitrogens with one attached hydrogen (secondary N) is 2. The van der Waals surface area contributed by atoms with E-state index in [4.69, 9.17) is 9.47 Å². The van der Waals surface area contributed by atoms with Crippen LogP contribution in [0.3, 0.4) is 0 Å². The fraction of sp³-hybridized carbons (Fsp3) is 0.903. The highest BCUT2D eigenvalue weighted by Gasteiger charge is 2.24. The number of imide groups is 1. The molecule has 0 saturated heterocycles. The molecule has 0 aromatic rings. The van der Waals surface area contributed by atoms with Gasteiger partial charge in [-0.25, -0.2) is 9.59 Å². The van der Waals surface area contributed by atoms with Crippen LogP contribution < -0.4 is 23.0 Å². The summed E-state index contributed by atoms with van der Waals surface area (Å²) in [4.78, 5) is 37.6. The van der Waals surface area contributed by atoms with Gasteiger partial charge in [0.1, 0.15) is 12.7 Å². The zero-order valence-corrected chi connectivity index (χ0v) is 28.0. The number of nitrogens with zero attached hydrogens (tertiary/aromatic N) is 2. The van der Waals surface area contributed by atoms with Gasteiger partial charge >= 0.3 is 12.1 Å². The minimum absolute atomic E-state index is 0. The number of hydrogen-bond acceptors (Lipinski definition) is 5. The summed E-state index contributed by atoms with van der Waals surface area (Å²) in [5.41, 5.74) is 0. The van der Waals surface area contributed by atoms with Crippen molar-refractivity contribution in [3.8, 4) is 0 Å². The molecule has 244 valence electrons. The van der Waals surface area contributed by atoms with Crippen LogP contribution in [0.1, 0.15) is 117 Å². The van der Waals surface area contributed by atoms with Crippen LogP contribution in [0.5, 0.6) is 0 Å². The van der Waals surface area contributed by atoms with E-state index in [1.165, 1.54) is 104 Å². The van der Waals surface area contributed by atoms with Gasteiger partial charge in [0.15, 0.2) is 0 Å². The normalized spacial score (nSPS) is 11.9. The highest BCUT2D eigenvalue weighted by molar-refractivity contribution is 5.93. The fourth-order valence-electron chi connectivity index (χ4n) is 4.43. The van der Waals surface area contributed by atoms with Crippen LogP contribution in [0.2, 0.25) is 0 Å². The van der Waals surface area contributed by atoms with Crippen LogP contribution in [0.15, 0.2) is 0 Å². The summed E-state index contributed by atoms with van der Waals surface area (Å²) in [5, 5.41) is 5.54. The summed E-state index contributed by atoms with van der Waals surface area (Å²) in [5.74, 6) is -0.391. The summed E-state index contributed by atoms with van der Waals surface area (Å²) in [6.07, 6.45) is 19.9. The molecule has 2 N–H and O–H groups in total. The molecule has 1 unspecified atom stereocenters. The van der Waals surface area contributed by atoms with Gasteiger partial charge in [0.05, 0.1) is 40.8 Å². The number of hydrogen-bond donors (Lipinski definition) is 2. The number of carbonyl (C=O) groups is 3. The van der Waals surface area contributed by atoms with Crippen molar-refractivity contribution in [2.75, 3.05) is 61.0 Å². The maximum Gasteiger partial charge on any atom is 0.407 e. The number of ether oxygens (including phenoxy) is 2. The molecule has 0 spiro atoms. The second-order valence-electron chi connectivity index (χ2n) is 12.1. The number of rotatable bonds is 25. The number of quaternary nitrogens is 1. The summed E-state index contributed by atoms with van der Waals surface area (Å²) in [7, 11) is 7.55. The highest BCUT2D eigenvalue weighted by atomic mass is 35.5. The molecule has 0 rings (SSSR count). The summed E-state index contributed by atoms with van der Waals surface area (Å²) >= 11 is 0. The Balaban J connectivity index is 0. The number of halogens is 1. The molecule has 0 aromatic heterocycles. The van der Waals surface area contributed by atoms with Gasteiger partial charge in [-0.3, -0.25) is 9.69 Å². The molecule has 0 aliphatic rings. The van der Waals surface area contributed by atoms with E-state index in [2.05, 4.69) is 17.6 Å². The van der Waals surface area contributed by atoms with Gasteiger partial charge in [-0.15, -0.1) is 0 Å². The van der Waals surface area contributed by atoms with Gasteiger partial charge in [0, 0.05) is 20.6 Å². The van der Waals surface area contributed by atoms with Crippen molar-refractivity contribution in [2.24, 2.45) is 0 Å². The molecule has 0 aromatic carbocycles. The molecule has 9 nitrogen and oxygen atoms in total. The lowest BCUT2D eigenvalue weighted by Crippen LogP contribution is -3.00. The second-order valence-corrected chi connectivity index (χ2v) is 12.1. The number of carbonyl (C=O) groups excluding carboxylic acids is 3. The van der Waals surface area contributed by atoms with Gasteiger partial charge in [-0.1, -0.05) is 103 Å². The van der Waals surface area contributed by atoms with Crippen molar-refractivity contribution in [3.05, 3.63) is 0 Å². The van der Waals surface area contributed by atoms with Crippen LogP contribution in [-0.4, -0.2) is 94.6 Å². The standard InChI is InChI=1S/C31H62N4O5.ClH/c1-7-8-9-10-11-12-13-14-15-16-17-18-19-20-21-22-23-33-31(38)40-27-29(39-6)26-34(28(2)36)30(37)32-24-25-35(3,4)5;/h29H,7-27H2,1-6H3,(H-,32,33,37,38);1H. The number of alkyl carbamates (subject to hydrolysis) is 1. The minimum atomic E-state index is -0.602. The first kappa shape index (κ1) is 41.6. The Bertz CT molecular complexity index is 661. The lowest BCUT2D eigenvalue weighted by Gasteiger charge is -2.26. The topological polar surface area (TPSA) is 97.0 Å². The molecule has 0 radical (unpaired) electrons. The largest absolute Gasteiger partial charge is 1.00 e. The summed E-state index contributed by atoms with van der Waals surface area (Å²) < 4.78 is 11.3. The number of urea groups is 1. The monoisotopic (exact) mass is 606 g/mol. The quantitative estimate of drug-likeness (QED) is 0.123. The summed E-state index contributed by atoms with van der Waals surface area (Å²) in [6, 6.07) is -0.476. The van der Waals surface area contributed by atoms with E-state index in [-0.39, 0.29) is 25.6 Å². The average molecular weight is 607 g/mol. The maximum atomic E-state index is 12.5. The first-order valence-corrected chi connectivity index (χ1v) is 15.9. The van der Waals surface area contributed by atoms with Crippen molar-refractivity contribution in [3.63, 3.8) is 0 Å². The van der Waals surface area contributed by atoms with Gasteiger partial charge < -0.3 is 37.0 Å². The molecule has 41 heavy (non-hydrogen) atoms. The Labute approximate surface area is 257 Å². The Morgan fingerprint density at radius 1 is 0.732 bits per heavy atom. The van der Waals surface area contributed by atoms with Crippen LogP contribution in [-0.2, 0) is 14.3 Å². The van der Waals surface area contributed by atoms with Crippen LogP contribution in [0, 0.1) is 0 Å². The van der Waals surface area contributed by atoms with E-state index >= 15 is 0 Å². The van der Waals surface area contributed by atoms with Crippen molar-refractivity contribution in [1.29, 1.82) is 0 Å². The Morgan fingerprint density at radius 3 is 1.61 bits per heavy atom. The van der Waals surface area contributed by atoms with E-state index in [1.54, 1.807) is 0 Å². The minimum Gasteiger partial charge on any atom is -1.00 e. The van der Waals surface area contributed by atoms with Crippen LogP contribution >= 0.6 is 0 Å². The number of methoxy groups -OCH3 is 1. The Kier molecular flexibility index (Phi) is 27.6. The van der Waals surface area contributed by atoms with Crippen molar-refractivity contribution in [1.82, 2.24) is 15.5 Å². The Morgan fingerprint density at radius 2 is 1.20 bits per heavy atom. The Hall–Kier alpha value is -1.58. The third-order valence-electron chi connectivity index (χ3n) is 7.10. The van der Waals surface area contributed by atoms with Crippen molar-refractivity contribution in [2.45, 2.75) is 123 Å².